The lowest BCUT2D eigenvalue weighted by Gasteiger charge is -2.31. The molecular weight excluding hydrogens is 294 g/mol. The molecule has 0 unspecified atom stereocenters. The van der Waals surface area contributed by atoms with Crippen molar-refractivity contribution in [2.24, 2.45) is 0 Å². The van der Waals surface area contributed by atoms with Gasteiger partial charge in [0.15, 0.2) is 4.90 Å². The number of rotatable bonds is 7. The lowest BCUT2D eigenvalue weighted by molar-refractivity contribution is -0.387. The molecule has 0 fully saturated rings. The zero-order valence-electron chi connectivity index (χ0n) is 12.4. The Morgan fingerprint density at radius 2 is 1.76 bits per heavy atom. The van der Waals surface area contributed by atoms with Crippen molar-refractivity contribution in [3.8, 4) is 0 Å². The standard InChI is InChI=1S/C13H21N3O4S/c1-4-13(5-2,6-3)15-21(19,20)12-8-7-10(14)9-11(12)16(17)18/h7-9,15H,4-6,14H2,1-3H3. The molecule has 1 aromatic carbocycles. The molecule has 3 N–H and O–H groups in total. The van der Waals surface area contributed by atoms with Crippen LogP contribution in [0.25, 0.3) is 0 Å². The lowest BCUT2D eigenvalue weighted by atomic mass is 9.91. The average molecular weight is 315 g/mol. The van der Waals surface area contributed by atoms with Gasteiger partial charge in [-0.3, -0.25) is 10.1 Å². The Labute approximate surface area is 124 Å². The van der Waals surface area contributed by atoms with E-state index in [2.05, 4.69) is 4.72 Å². The summed E-state index contributed by atoms with van der Waals surface area (Å²) in [6, 6.07) is 3.56. The number of sulfonamides is 1. The SMILES string of the molecule is CCC(CC)(CC)NS(=O)(=O)c1ccc(N)cc1[N+](=O)[O-]. The Bertz CT molecular complexity index is 616. The molecule has 0 saturated carbocycles. The van der Waals surface area contributed by atoms with Crippen molar-refractivity contribution in [3.63, 3.8) is 0 Å². The van der Waals surface area contributed by atoms with Crippen LogP contribution in [0, 0.1) is 10.1 Å². The summed E-state index contributed by atoms with van der Waals surface area (Å²) in [5.41, 5.74) is 4.52. The number of hydrogen-bond acceptors (Lipinski definition) is 5. The molecule has 0 aliphatic rings. The minimum absolute atomic E-state index is 0.147. The second kappa shape index (κ2) is 6.40. The van der Waals surface area contributed by atoms with Crippen molar-refractivity contribution in [2.45, 2.75) is 50.5 Å². The summed E-state index contributed by atoms with van der Waals surface area (Å²) in [5.74, 6) is 0. The van der Waals surface area contributed by atoms with Crippen LogP contribution in [0.1, 0.15) is 40.0 Å². The van der Waals surface area contributed by atoms with Crippen LogP contribution < -0.4 is 10.5 Å². The molecule has 0 aliphatic heterocycles. The first-order valence-electron chi connectivity index (χ1n) is 6.79. The van der Waals surface area contributed by atoms with E-state index in [9.17, 15) is 18.5 Å². The monoisotopic (exact) mass is 315 g/mol. The quantitative estimate of drug-likeness (QED) is 0.455. The second-order valence-electron chi connectivity index (χ2n) is 4.93. The molecular formula is C13H21N3O4S. The molecule has 0 radical (unpaired) electrons. The van der Waals surface area contributed by atoms with E-state index in [-0.39, 0.29) is 10.6 Å². The molecule has 118 valence electrons. The van der Waals surface area contributed by atoms with Crippen molar-refractivity contribution >= 4 is 21.4 Å². The highest BCUT2D eigenvalue weighted by Gasteiger charge is 2.34. The maximum Gasteiger partial charge on any atom is 0.291 e. The predicted molar refractivity (Wildman–Crippen MR) is 81.4 cm³/mol. The molecule has 0 saturated heterocycles. The van der Waals surface area contributed by atoms with Crippen molar-refractivity contribution < 1.29 is 13.3 Å². The van der Waals surface area contributed by atoms with Gasteiger partial charge in [0.05, 0.1) is 4.92 Å². The van der Waals surface area contributed by atoms with Crippen LogP contribution in [-0.2, 0) is 10.0 Å². The fourth-order valence-electron chi connectivity index (χ4n) is 2.21. The number of benzene rings is 1. The van der Waals surface area contributed by atoms with Crippen molar-refractivity contribution in [3.05, 3.63) is 28.3 Å². The van der Waals surface area contributed by atoms with E-state index < -0.39 is 26.2 Å². The fourth-order valence-corrected chi connectivity index (χ4v) is 3.98. The third-order valence-corrected chi connectivity index (χ3v) is 5.48. The Morgan fingerprint density at radius 3 is 2.19 bits per heavy atom. The maximum absolute atomic E-state index is 12.5. The third-order valence-electron chi connectivity index (χ3n) is 3.85. The summed E-state index contributed by atoms with van der Waals surface area (Å²) < 4.78 is 27.6. The summed E-state index contributed by atoms with van der Waals surface area (Å²) in [4.78, 5) is 9.95. The maximum atomic E-state index is 12.5. The highest BCUT2D eigenvalue weighted by molar-refractivity contribution is 7.89. The molecule has 7 nitrogen and oxygen atoms in total. The number of nitrogen functional groups attached to an aromatic ring is 1. The van der Waals surface area contributed by atoms with Gasteiger partial charge in [0, 0.05) is 17.3 Å². The first-order chi connectivity index (χ1) is 9.71. The van der Waals surface area contributed by atoms with Crippen LogP contribution in [0.2, 0.25) is 0 Å². The Balaban J connectivity index is 3.35. The highest BCUT2D eigenvalue weighted by atomic mass is 32.2. The van der Waals surface area contributed by atoms with E-state index in [1.54, 1.807) is 0 Å². The second-order valence-corrected chi connectivity index (χ2v) is 6.58. The minimum Gasteiger partial charge on any atom is -0.399 e. The number of nitro groups is 1. The van der Waals surface area contributed by atoms with E-state index in [1.807, 2.05) is 20.8 Å². The van der Waals surface area contributed by atoms with Crippen LogP contribution in [0.3, 0.4) is 0 Å². The number of nitro benzene ring substituents is 1. The van der Waals surface area contributed by atoms with Crippen molar-refractivity contribution in [2.75, 3.05) is 5.73 Å². The molecule has 0 aromatic heterocycles. The zero-order chi connectivity index (χ0) is 16.3. The Morgan fingerprint density at radius 1 is 1.24 bits per heavy atom. The molecule has 0 heterocycles. The number of nitrogens with one attached hydrogen (secondary N) is 1. The molecule has 1 rings (SSSR count). The van der Waals surface area contributed by atoms with Crippen LogP contribution in [-0.4, -0.2) is 18.9 Å². The number of hydrogen-bond donors (Lipinski definition) is 2. The molecule has 1 aromatic rings. The summed E-state index contributed by atoms with van der Waals surface area (Å²) in [6.45, 7) is 5.65. The van der Waals surface area contributed by atoms with E-state index in [0.717, 1.165) is 6.07 Å². The topological polar surface area (TPSA) is 115 Å². The van der Waals surface area contributed by atoms with Crippen molar-refractivity contribution in [1.82, 2.24) is 4.72 Å². The van der Waals surface area contributed by atoms with Crippen LogP contribution in [0.15, 0.2) is 23.1 Å². The molecule has 0 atom stereocenters. The van der Waals surface area contributed by atoms with E-state index in [0.29, 0.717) is 19.3 Å². The van der Waals surface area contributed by atoms with Crippen LogP contribution in [0.4, 0.5) is 11.4 Å². The minimum atomic E-state index is -3.99. The number of nitrogens with zero attached hydrogens (tertiary/aromatic N) is 1. The first-order valence-corrected chi connectivity index (χ1v) is 8.27. The largest absolute Gasteiger partial charge is 0.399 e. The van der Waals surface area contributed by atoms with E-state index in [1.165, 1.54) is 12.1 Å². The van der Waals surface area contributed by atoms with Gasteiger partial charge < -0.3 is 5.73 Å². The summed E-state index contributed by atoms with van der Waals surface area (Å²) >= 11 is 0. The van der Waals surface area contributed by atoms with Crippen molar-refractivity contribution in [1.29, 1.82) is 0 Å². The smallest absolute Gasteiger partial charge is 0.291 e. The van der Waals surface area contributed by atoms with Gasteiger partial charge in [0.1, 0.15) is 0 Å². The summed E-state index contributed by atoms with van der Waals surface area (Å²) in [7, 11) is -3.99. The number of anilines is 1. The molecule has 0 spiro atoms. The number of nitrogens with two attached hydrogens (primary N) is 1. The zero-order valence-corrected chi connectivity index (χ0v) is 13.2. The van der Waals surface area contributed by atoms with Gasteiger partial charge in [-0.25, -0.2) is 13.1 Å². The lowest BCUT2D eigenvalue weighted by Crippen LogP contribution is -2.47. The molecule has 0 aliphatic carbocycles. The van der Waals surface area contributed by atoms with Gasteiger partial charge in [-0.15, -0.1) is 0 Å². The van der Waals surface area contributed by atoms with Crippen LogP contribution >= 0.6 is 0 Å². The van der Waals surface area contributed by atoms with E-state index >= 15 is 0 Å². The third kappa shape index (κ3) is 3.70. The summed E-state index contributed by atoms with van der Waals surface area (Å²) in [5, 5.41) is 11.1. The Kier molecular flexibility index (Phi) is 5.30. The molecule has 8 heteroatoms. The predicted octanol–water partition coefficient (Wildman–Crippen LogP) is 2.42. The molecule has 21 heavy (non-hydrogen) atoms. The highest BCUT2D eigenvalue weighted by Crippen LogP contribution is 2.29. The first kappa shape index (κ1) is 17.4. The Hall–Kier alpha value is -1.67. The van der Waals surface area contributed by atoms with Gasteiger partial charge >= 0.3 is 0 Å². The van der Waals surface area contributed by atoms with Gasteiger partial charge in [0.2, 0.25) is 10.0 Å². The normalized spacial score (nSPS) is 12.3. The van der Waals surface area contributed by atoms with Gasteiger partial charge in [0.25, 0.3) is 5.69 Å². The average Bonchev–Trinajstić information content (AvgIpc) is 2.44. The fraction of sp³-hybridized carbons (Fsp3) is 0.538. The van der Waals surface area contributed by atoms with E-state index in [4.69, 9.17) is 5.73 Å². The van der Waals surface area contributed by atoms with Gasteiger partial charge in [-0.1, -0.05) is 20.8 Å². The molecule has 0 amide bonds. The molecule has 0 bridgehead atoms. The van der Waals surface area contributed by atoms with Gasteiger partial charge in [-0.05, 0) is 31.4 Å². The van der Waals surface area contributed by atoms with Crippen LogP contribution in [0.5, 0.6) is 0 Å². The summed E-state index contributed by atoms with van der Waals surface area (Å²) in [6.07, 6.45) is 1.80. The van der Waals surface area contributed by atoms with Gasteiger partial charge in [-0.2, -0.15) is 0 Å².